The minimum atomic E-state index is -0.460. The van der Waals surface area contributed by atoms with Gasteiger partial charge in [-0.25, -0.2) is 4.79 Å². The zero-order chi connectivity index (χ0) is 23.2. The van der Waals surface area contributed by atoms with Crippen LogP contribution in [0.15, 0.2) is 55.1 Å². The van der Waals surface area contributed by atoms with Crippen molar-refractivity contribution in [1.29, 1.82) is 0 Å². The first kappa shape index (κ1) is 24.7. The molecular formula is C27H36O4. The largest absolute Gasteiger partial charge is 0.507 e. The number of hydrogen-bond acceptors (Lipinski definition) is 4. The Morgan fingerprint density at radius 1 is 1.00 bits per heavy atom. The highest BCUT2D eigenvalue weighted by Gasteiger charge is 2.28. The minimum Gasteiger partial charge on any atom is -0.507 e. The van der Waals surface area contributed by atoms with Gasteiger partial charge in [-0.3, -0.25) is 0 Å². The first-order valence-electron chi connectivity index (χ1n) is 10.8. The Bertz CT molecular complexity index is 851. The number of phenols is 1. The van der Waals surface area contributed by atoms with Gasteiger partial charge in [0, 0.05) is 12.5 Å². The highest BCUT2D eigenvalue weighted by molar-refractivity contribution is 5.81. The van der Waals surface area contributed by atoms with Crippen LogP contribution in [0.2, 0.25) is 0 Å². The number of carbonyl (C=O) groups excluding carboxylic acids is 1. The lowest BCUT2D eigenvalue weighted by molar-refractivity contribution is -0.140. The van der Waals surface area contributed by atoms with Gasteiger partial charge in [-0.15, -0.1) is 0 Å². The van der Waals surface area contributed by atoms with Gasteiger partial charge in [0.15, 0.2) is 0 Å². The Labute approximate surface area is 186 Å². The van der Waals surface area contributed by atoms with Gasteiger partial charge < -0.3 is 14.6 Å². The van der Waals surface area contributed by atoms with E-state index in [2.05, 4.69) is 60.3 Å². The Kier molecular flexibility index (Phi) is 8.08. The zero-order valence-corrected chi connectivity index (χ0v) is 19.7. The summed E-state index contributed by atoms with van der Waals surface area (Å²) >= 11 is 0. The second-order valence-electron chi connectivity index (χ2n) is 9.89. The topological polar surface area (TPSA) is 55.8 Å². The van der Waals surface area contributed by atoms with Crippen molar-refractivity contribution >= 4 is 5.97 Å². The highest BCUT2D eigenvalue weighted by Crippen LogP contribution is 2.41. The van der Waals surface area contributed by atoms with Crippen LogP contribution in [0.25, 0.3) is 0 Å². The molecule has 168 valence electrons. The molecule has 0 saturated heterocycles. The second-order valence-corrected chi connectivity index (χ2v) is 9.89. The summed E-state index contributed by atoms with van der Waals surface area (Å²) in [6.07, 6.45) is 1.58. The number of carbonyl (C=O) groups is 1. The molecule has 1 atom stereocenters. The van der Waals surface area contributed by atoms with E-state index in [-0.39, 0.29) is 30.1 Å². The summed E-state index contributed by atoms with van der Waals surface area (Å²) in [5.74, 6) is -0.111. The molecule has 0 fully saturated rings. The van der Waals surface area contributed by atoms with Crippen LogP contribution in [0, 0.1) is 0 Å². The van der Waals surface area contributed by atoms with E-state index >= 15 is 0 Å². The first-order valence-corrected chi connectivity index (χ1v) is 10.8. The molecule has 2 rings (SSSR count). The monoisotopic (exact) mass is 424 g/mol. The van der Waals surface area contributed by atoms with Crippen LogP contribution in [-0.2, 0) is 31.5 Å². The number of hydrogen-bond donors (Lipinski definition) is 1. The van der Waals surface area contributed by atoms with Gasteiger partial charge in [0.05, 0.1) is 12.7 Å². The minimum absolute atomic E-state index is 0.159. The highest BCUT2D eigenvalue weighted by atomic mass is 16.6. The van der Waals surface area contributed by atoms with Crippen LogP contribution >= 0.6 is 0 Å². The van der Waals surface area contributed by atoms with Crippen molar-refractivity contribution in [3.05, 3.63) is 77.4 Å². The van der Waals surface area contributed by atoms with E-state index in [1.807, 2.05) is 30.3 Å². The van der Waals surface area contributed by atoms with Crippen molar-refractivity contribution < 1.29 is 19.4 Å². The third-order valence-corrected chi connectivity index (χ3v) is 5.20. The van der Waals surface area contributed by atoms with Crippen molar-refractivity contribution in [2.75, 3.05) is 13.2 Å². The van der Waals surface area contributed by atoms with E-state index in [9.17, 15) is 9.90 Å². The summed E-state index contributed by atoms with van der Waals surface area (Å²) < 4.78 is 11.3. The molecule has 2 aromatic carbocycles. The van der Waals surface area contributed by atoms with Gasteiger partial charge in [-0.05, 0) is 45.2 Å². The third kappa shape index (κ3) is 6.96. The molecule has 4 nitrogen and oxygen atoms in total. The molecular weight excluding hydrogens is 388 g/mol. The predicted octanol–water partition coefficient (Wildman–Crippen LogP) is 6.02. The summed E-state index contributed by atoms with van der Waals surface area (Å²) in [6.45, 7) is 16.4. The number of benzene rings is 2. The van der Waals surface area contributed by atoms with Crippen LogP contribution in [0.4, 0.5) is 0 Å². The lowest BCUT2D eigenvalue weighted by atomic mass is 9.77. The third-order valence-electron chi connectivity index (χ3n) is 5.20. The second kappa shape index (κ2) is 10.1. The zero-order valence-electron chi connectivity index (χ0n) is 19.7. The fraction of sp³-hybridized carbons (Fsp3) is 0.444. The van der Waals surface area contributed by atoms with E-state index in [1.165, 1.54) is 0 Å². The summed E-state index contributed by atoms with van der Waals surface area (Å²) in [7, 11) is 0. The molecule has 0 spiro atoms. The summed E-state index contributed by atoms with van der Waals surface area (Å²) in [4.78, 5) is 11.3. The molecule has 0 heterocycles. The summed E-state index contributed by atoms with van der Waals surface area (Å²) in [6, 6.07) is 14.3. The molecule has 0 aliphatic carbocycles. The van der Waals surface area contributed by atoms with Crippen LogP contribution < -0.4 is 0 Å². The molecule has 31 heavy (non-hydrogen) atoms. The fourth-order valence-electron chi connectivity index (χ4n) is 3.48. The fourth-order valence-corrected chi connectivity index (χ4v) is 3.48. The summed E-state index contributed by atoms with van der Waals surface area (Å²) in [5.41, 5.74) is 3.50. The lowest BCUT2D eigenvalue weighted by Crippen LogP contribution is -2.20. The van der Waals surface area contributed by atoms with Crippen LogP contribution in [0.3, 0.4) is 0 Å². The van der Waals surface area contributed by atoms with Gasteiger partial charge in [0.1, 0.15) is 12.4 Å². The van der Waals surface area contributed by atoms with Gasteiger partial charge in [0.2, 0.25) is 0 Å². The molecule has 0 aliphatic rings. The molecule has 1 unspecified atom stereocenters. The van der Waals surface area contributed by atoms with Gasteiger partial charge in [-0.2, -0.15) is 0 Å². The van der Waals surface area contributed by atoms with E-state index in [4.69, 9.17) is 9.47 Å². The van der Waals surface area contributed by atoms with E-state index < -0.39 is 5.97 Å². The molecule has 0 aliphatic heterocycles. The van der Waals surface area contributed by atoms with E-state index in [0.717, 1.165) is 28.3 Å². The number of aromatic hydroxyl groups is 1. The average Bonchev–Trinajstić information content (AvgIpc) is 2.69. The van der Waals surface area contributed by atoms with Crippen molar-refractivity contribution in [3.63, 3.8) is 0 Å². The van der Waals surface area contributed by atoms with Crippen LogP contribution in [0.5, 0.6) is 5.75 Å². The van der Waals surface area contributed by atoms with Gasteiger partial charge in [-0.1, -0.05) is 78.5 Å². The summed E-state index contributed by atoms with van der Waals surface area (Å²) in [5, 5.41) is 11.1. The molecule has 0 aromatic heterocycles. The number of ether oxygens (including phenoxy) is 2. The Morgan fingerprint density at radius 2 is 1.55 bits per heavy atom. The average molecular weight is 425 g/mol. The van der Waals surface area contributed by atoms with Crippen molar-refractivity contribution in [2.45, 2.75) is 64.9 Å². The molecule has 0 radical (unpaired) electrons. The van der Waals surface area contributed by atoms with E-state index in [1.54, 1.807) is 0 Å². The molecule has 0 bridgehead atoms. The van der Waals surface area contributed by atoms with Crippen molar-refractivity contribution in [1.82, 2.24) is 0 Å². The lowest BCUT2D eigenvalue weighted by Gasteiger charge is -2.30. The predicted molar refractivity (Wildman–Crippen MR) is 126 cm³/mol. The Morgan fingerprint density at radius 3 is 2.03 bits per heavy atom. The van der Waals surface area contributed by atoms with Gasteiger partial charge in [0.25, 0.3) is 0 Å². The smallest absolute Gasteiger partial charge is 0.330 e. The maximum atomic E-state index is 11.3. The number of esters is 1. The van der Waals surface area contributed by atoms with Gasteiger partial charge >= 0.3 is 5.97 Å². The first-order chi connectivity index (χ1) is 14.4. The maximum Gasteiger partial charge on any atom is 0.330 e. The van der Waals surface area contributed by atoms with E-state index in [0.29, 0.717) is 12.2 Å². The number of rotatable bonds is 8. The quantitative estimate of drug-likeness (QED) is 0.320. The number of phenolic OH excluding ortho intramolecular Hbond substituents is 1. The molecule has 0 amide bonds. The van der Waals surface area contributed by atoms with Crippen molar-refractivity contribution in [2.24, 2.45) is 0 Å². The van der Waals surface area contributed by atoms with Crippen molar-refractivity contribution in [3.8, 4) is 5.75 Å². The standard InChI is InChI=1S/C27H36O4/c1-8-24(28)31-15-14-30-23(16-19-12-10-9-11-13-19)20-17-21(26(2,3)4)25(29)22(18-20)27(5,6)7/h8-13,17-18,23,29H,1,14-16H2,2-7H3. The molecule has 2 aromatic rings. The molecule has 4 heteroatoms. The molecule has 0 saturated carbocycles. The normalized spacial score (nSPS) is 13.0. The Hall–Kier alpha value is -2.59. The SMILES string of the molecule is C=CC(=O)OCCOC(Cc1ccccc1)c1cc(C(C)(C)C)c(O)c(C(C)(C)C)c1. The Balaban J connectivity index is 2.45. The molecule has 1 N–H and O–H groups in total. The van der Waals surface area contributed by atoms with Crippen LogP contribution in [-0.4, -0.2) is 24.3 Å². The maximum absolute atomic E-state index is 11.3. The van der Waals surface area contributed by atoms with Crippen LogP contribution in [0.1, 0.15) is 69.9 Å².